The molecule has 3 aromatic carbocycles. The molecule has 0 unspecified atom stereocenters. The van der Waals surface area contributed by atoms with Gasteiger partial charge in [-0.2, -0.15) is 0 Å². The van der Waals surface area contributed by atoms with E-state index >= 15 is 0 Å². The minimum Gasteiger partial charge on any atom is -0.497 e. The third-order valence-corrected chi connectivity index (χ3v) is 8.76. The molecule has 0 spiro atoms. The molecule has 3 rings (SSSR count). The molecule has 11 heteroatoms. The standard InChI is InChI=1S/C32H41N3O7S/c1-7-19-33-32(37)28(8-2)34(21-24-11-15-26(40-4)16-12-24)31(36)22-35(25-13-9-23(3)10-14-25)43(38,39)27-17-18-29(41-5)30(20-27)42-6/h9-18,20,28H,7-8,19,21-22H2,1-6H3,(H,33,37)/t28-/m1/s1. The van der Waals surface area contributed by atoms with Crippen molar-refractivity contribution in [1.82, 2.24) is 10.2 Å². The van der Waals surface area contributed by atoms with Crippen molar-refractivity contribution >= 4 is 27.5 Å². The molecule has 0 saturated carbocycles. The second-order valence-corrected chi connectivity index (χ2v) is 11.8. The van der Waals surface area contributed by atoms with Gasteiger partial charge in [0.1, 0.15) is 18.3 Å². The van der Waals surface area contributed by atoms with E-state index < -0.39 is 28.5 Å². The molecule has 0 aliphatic heterocycles. The lowest BCUT2D eigenvalue weighted by molar-refractivity contribution is -0.140. The molecule has 43 heavy (non-hydrogen) atoms. The number of rotatable bonds is 15. The number of carbonyl (C=O) groups is 2. The van der Waals surface area contributed by atoms with Gasteiger partial charge >= 0.3 is 0 Å². The second kappa shape index (κ2) is 15.3. The lowest BCUT2D eigenvalue weighted by atomic mass is 10.1. The molecule has 10 nitrogen and oxygen atoms in total. The van der Waals surface area contributed by atoms with Crippen molar-refractivity contribution in [2.24, 2.45) is 0 Å². The SMILES string of the molecule is CCCNC(=O)[C@@H](CC)N(Cc1ccc(OC)cc1)C(=O)CN(c1ccc(C)cc1)S(=O)(=O)c1ccc(OC)c(OC)c1. The number of hydrogen-bond donors (Lipinski definition) is 1. The van der Waals surface area contributed by atoms with Gasteiger partial charge in [0.15, 0.2) is 11.5 Å². The molecule has 0 aliphatic carbocycles. The van der Waals surface area contributed by atoms with Crippen LogP contribution in [0, 0.1) is 6.92 Å². The molecule has 0 saturated heterocycles. The van der Waals surface area contributed by atoms with Crippen molar-refractivity contribution in [2.75, 3.05) is 38.7 Å². The fraction of sp³-hybridized carbons (Fsp3) is 0.375. The number of benzene rings is 3. The third-order valence-electron chi connectivity index (χ3n) is 6.99. The molecule has 0 aromatic heterocycles. The van der Waals surface area contributed by atoms with Gasteiger partial charge in [0.05, 0.1) is 31.9 Å². The van der Waals surface area contributed by atoms with E-state index in [4.69, 9.17) is 14.2 Å². The Bertz CT molecular complexity index is 1480. The van der Waals surface area contributed by atoms with Crippen LogP contribution in [0.3, 0.4) is 0 Å². The second-order valence-electron chi connectivity index (χ2n) is 9.95. The highest BCUT2D eigenvalue weighted by atomic mass is 32.2. The topological polar surface area (TPSA) is 114 Å². The van der Waals surface area contributed by atoms with Gasteiger partial charge in [-0.3, -0.25) is 13.9 Å². The first-order chi connectivity index (χ1) is 20.6. The van der Waals surface area contributed by atoms with Crippen LogP contribution in [-0.2, 0) is 26.2 Å². The van der Waals surface area contributed by atoms with Crippen LogP contribution in [0.25, 0.3) is 0 Å². The number of methoxy groups -OCH3 is 3. The van der Waals surface area contributed by atoms with Crippen molar-refractivity contribution in [3.8, 4) is 17.2 Å². The molecule has 232 valence electrons. The number of sulfonamides is 1. The van der Waals surface area contributed by atoms with Crippen LogP contribution >= 0.6 is 0 Å². The molecule has 1 N–H and O–H groups in total. The average molecular weight is 612 g/mol. The summed E-state index contributed by atoms with van der Waals surface area (Å²) in [6.45, 7) is 5.68. The number of ether oxygens (including phenoxy) is 3. The minimum atomic E-state index is -4.27. The van der Waals surface area contributed by atoms with Crippen LogP contribution in [0.4, 0.5) is 5.69 Å². The van der Waals surface area contributed by atoms with Crippen LogP contribution in [-0.4, -0.2) is 65.6 Å². The number of amides is 2. The molecule has 0 aliphatic rings. The van der Waals surface area contributed by atoms with Gasteiger partial charge in [-0.1, -0.05) is 43.7 Å². The van der Waals surface area contributed by atoms with Gasteiger partial charge < -0.3 is 24.4 Å². The van der Waals surface area contributed by atoms with Crippen molar-refractivity contribution in [2.45, 2.75) is 51.1 Å². The van der Waals surface area contributed by atoms with E-state index in [0.717, 1.165) is 21.9 Å². The number of anilines is 1. The molecular weight excluding hydrogens is 570 g/mol. The summed E-state index contributed by atoms with van der Waals surface area (Å²) in [4.78, 5) is 28.8. The Balaban J connectivity index is 2.08. The maximum Gasteiger partial charge on any atom is 0.264 e. The molecular formula is C32H41N3O7S. The third kappa shape index (κ3) is 8.19. The summed E-state index contributed by atoms with van der Waals surface area (Å²) in [5, 5.41) is 2.88. The Hall–Kier alpha value is -4.25. The summed E-state index contributed by atoms with van der Waals surface area (Å²) in [5.74, 6) is 0.434. The quantitative estimate of drug-likeness (QED) is 0.268. The number of aryl methyl sites for hydroxylation is 1. The lowest BCUT2D eigenvalue weighted by Crippen LogP contribution is -2.52. The maximum absolute atomic E-state index is 14.2. The van der Waals surface area contributed by atoms with Crippen molar-refractivity contribution in [3.63, 3.8) is 0 Å². The lowest BCUT2D eigenvalue weighted by Gasteiger charge is -2.33. The summed E-state index contributed by atoms with van der Waals surface area (Å²) in [5.41, 5.74) is 2.00. The Kier molecular flexibility index (Phi) is 11.8. The van der Waals surface area contributed by atoms with E-state index in [2.05, 4.69) is 5.32 Å². The normalized spacial score (nSPS) is 11.8. The summed E-state index contributed by atoms with van der Waals surface area (Å²) >= 11 is 0. The van der Waals surface area contributed by atoms with Crippen molar-refractivity contribution < 1.29 is 32.2 Å². The highest BCUT2D eigenvalue weighted by Gasteiger charge is 2.34. The van der Waals surface area contributed by atoms with Gasteiger partial charge in [-0.05, 0) is 61.7 Å². The van der Waals surface area contributed by atoms with E-state index in [0.29, 0.717) is 30.2 Å². The van der Waals surface area contributed by atoms with Crippen LogP contribution in [0.1, 0.15) is 37.8 Å². The largest absolute Gasteiger partial charge is 0.497 e. The first-order valence-corrected chi connectivity index (χ1v) is 15.5. The number of nitrogens with one attached hydrogen (secondary N) is 1. The average Bonchev–Trinajstić information content (AvgIpc) is 3.02. The Morgan fingerprint density at radius 3 is 2.07 bits per heavy atom. The van der Waals surface area contributed by atoms with Crippen LogP contribution in [0.15, 0.2) is 71.6 Å². The molecule has 1 atom stereocenters. The van der Waals surface area contributed by atoms with Gasteiger partial charge in [0.2, 0.25) is 11.8 Å². The molecule has 0 bridgehead atoms. The zero-order valence-corrected chi connectivity index (χ0v) is 26.4. The number of nitrogens with zero attached hydrogens (tertiary/aromatic N) is 2. The fourth-order valence-corrected chi connectivity index (χ4v) is 5.99. The first kappa shape index (κ1) is 33.3. The van der Waals surface area contributed by atoms with Crippen LogP contribution in [0.5, 0.6) is 17.2 Å². The zero-order valence-electron chi connectivity index (χ0n) is 25.6. The summed E-state index contributed by atoms with van der Waals surface area (Å²) in [6, 6.07) is 17.5. The predicted octanol–water partition coefficient (Wildman–Crippen LogP) is 4.55. The highest BCUT2D eigenvalue weighted by molar-refractivity contribution is 7.92. The smallest absolute Gasteiger partial charge is 0.264 e. The number of carbonyl (C=O) groups excluding carboxylic acids is 2. The summed E-state index contributed by atoms with van der Waals surface area (Å²) in [6.07, 6.45) is 1.07. The van der Waals surface area contributed by atoms with E-state index in [-0.39, 0.29) is 23.1 Å². The van der Waals surface area contributed by atoms with E-state index in [1.165, 1.54) is 37.3 Å². The molecule has 0 heterocycles. The molecule has 3 aromatic rings. The van der Waals surface area contributed by atoms with Gasteiger partial charge in [0, 0.05) is 19.2 Å². The van der Waals surface area contributed by atoms with E-state index in [1.54, 1.807) is 43.5 Å². The Morgan fingerprint density at radius 2 is 1.51 bits per heavy atom. The molecule has 0 fully saturated rings. The van der Waals surface area contributed by atoms with Gasteiger partial charge in [-0.25, -0.2) is 8.42 Å². The fourth-order valence-electron chi connectivity index (χ4n) is 4.56. The first-order valence-electron chi connectivity index (χ1n) is 14.1. The maximum atomic E-state index is 14.2. The number of hydrogen-bond acceptors (Lipinski definition) is 7. The Labute approximate surface area is 254 Å². The van der Waals surface area contributed by atoms with E-state index in [1.807, 2.05) is 32.9 Å². The van der Waals surface area contributed by atoms with Gasteiger partial charge in [-0.15, -0.1) is 0 Å². The van der Waals surface area contributed by atoms with E-state index in [9.17, 15) is 18.0 Å². The van der Waals surface area contributed by atoms with Crippen molar-refractivity contribution in [1.29, 1.82) is 0 Å². The van der Waals surface area contributed by atoms with Crippen molar-refractivity contribution in [3.05, 3.63) is 77.9 Å². The predicted molar refractivity (Wildman–Crippen MR) is 166 cm³/mol. The van der Waals surface area contributed by atoms with Crippen LogP contribution < -0.4 is 23.8 Å². The Morgan fingerprint density at radius 1 is 0.860 bits per heavy atom. The van der Waals surface area contributed by atoms with Gasteiger partial charge in [0.25, 0.3) is 10.0 Å². The highest BCUT2D eigenvalue weighted by Crippen LogP contribution is 2.32. The summed E-state index contributed by atoms with van der Waals surface area (Å²) < 4.78 is 45.2. The minimum absolute atomic E-state index is 0.0760. The summed E-state index contributed by atoms with van der Waals surface area (Å²) in [7, 11) is 0.173. The molecule has 2 amide bonds. The van der Waals surface area contributed by atoms with Crippen LogP contribution in [0.2, 0.25) is 0 Å². The zero-order chi connectivity index (χ0) is 31.6. The monoisotopic (exact) mass is 611 g/mol. The molecule has 0 radical (unpaired) electrons.